The van der Waals surface area contributed by atoms with E-state index in [-0.39, 0.29) is 24.8 Å². The predicted molar refractivity (Wildman–Crippen MR) is 49.8 cm³/mol. The van der Waals surface area contributed by atoms with E-state index in [0.717, 1.165) is 4.90 Å². The van der Waals surface area contributed by atoms with Gasteiger partial charge in [-0.05, 0) is 6.07 Å². The fourth-order valence-electron chi connectivity index (χ4n) is 1.50. The maximum Gasteiger partial charge on any atom is 0.263 e. The summed E-state index contributed by atoms with van der Waals surface area (Å²) in [4.78, 5) is 28.2. The summed E-state index contributed by atoms with van der Waals surface area (Å²) in [6.07, 6.45) is 3.00. The van der Waals surface area contributed by atoms with Gasteiger partial charge in [0, 0.05) is 18.9 Å². The number of aromatic nitrogens is 1. The molecular weight excluding hydrogens is 194 g/mol. The highest BCUT2D eigenvalue weighted by atomic mass is 16.2. The first-order valence-corrected chi connectivity index (χ1v) is 4.43. The van der Waals surface area contributed by atoms with E-state index < -0.39 is 0 Å². The van der Waals surface area contributed by atoms with Crippen LogP contribution in [0, 0.1) is 11.3 Å². The van der Waals surface area contributed by atoms with Crippen LogP contribution in [0.15, 0.2) is 18.5 Å². The van der Waals surface area contributed by atoms with Crippen molar-refractivity contribution >= 4 is 11.8 Å². The summed E-state index contributed by atoms with van der Waals surface area (Å²) < 4.78 is 0. The van der Waals surface area contributed by atoms with E-state index in [2.05, 4.69) is 4.98 Å². The lowest BCUT2D eigenvalue weighted by atomic mass is 10.2. The van der Waals surface area contributed by atoms with Crippen LogP contribution in [0.5, 0.6) is 0 Å². The molecule has 1 aromatic rings. The van der Waals surface area contributed by atoms with Crippen molar-refractivity contribution < 1.29 is 9.59 Å². The van der Waals surface area contributed by atoms with Crippen molar-refractivity contribution in [3.63, 3.8) is 0 Å². The van der Waals surface area contributed by atoms with E-state index >= 15 is 0 Å². The Morgan fingerprint density at radius 2 is 2.07 bits per heavy atom. The Morgan fingerprint density at radius 3 is 2.73 bits per heavy atom. The topological polar surface area (TPSA) is 74.1 Å². The number of rotatable bonds is 2. The van der Waals surface area contributed by atoms with Gasteiger partial charge < -0.3 is 0 Å². The molecule has 1 aliphatic heterocycles. The molecule has 15 heavy (non-hydrogen) atoms. The van der Waals surface area contributed by atoms with Crippen LogP contribution in [0.4, 0.5) is 0 Å². The van der Waals surface area contributed by atoms with Crippen LogP contribution < -0.4 is 0 Å². The number of nitrogens with zero attached hydrogens (tertiary/aromatic N) is 3. The van der Waals surface area contributed by atoms with E-state index in [1.807, 2.05) is 6.07 Å². The molecule has 0 N–H and O–H groups in total. The first kappa shape index (κ1) is 9.34. The summed E-state index contributed by atoms with van der Waals surface area (Å²) >= 11 is 0. The lowest BCUT2D eigenvalue weighted by Gasteiger charge is -2.10. The molecule has 0 unspecified atom stereocenters. The van der Waals surface area contributed by atoms with Crippen molar-refractivity contribution in [1.82, 2.24) is 9.88 Å². The molecule has 0 aromatic carbocycles. The monoisotopic (exact) mass is 201 g/mol. The van der Waals surface area contributed by atoms with Crippen molar-refractivity contribution in [2.45, 2.75) is 6.42 Å². The lowest BCUT2D eigenvalue weighted by molar-refractivity contribution is 0.0657. The fourth-order valence-corrected chi connectivity index (χ4v) is 1.50. The van der Waals surface area contributed by atoms with Crippen LogP contribution in [0.3, 0.4) is 0 Å². The van der Waals surface area contributed by atoms with Gasteiger partial charge in [0.2, 0.25) is 0 Å². The third kappa shape index (κ3) is 1.36. The van der Waals surface area contributed by atoms with Crippen molar-refractivity contribution in [2.75, 3.05) is 6.54 Å². The van der Waals surface area contributed by atoms with E-state index in [0.29, 0.717) is 11.1 Å². The van der Waals surface area contributed by atoms with Gasteiger partial charge in [-0.25, -0.2) is 0 Å². The smallest absolute Gasteiger partial charge is 0.263 e. The number of hydrogen-bond donors (Lipinski definition) is 0. The third-order valence-electron chi connectivity index (χ3n) is 2.22. The molecule has 0 fully saturated rings. The molecular formula is C10H7N3O2. The Hall–Kier alpha value is -2.22. The third-order valence-corrected chi connectivity index (χ3v) is 2.22. The molecule has 0 atom stereocenters. The Kier molecular flexibility index (Phi) is 2.18. The minimum Gasteiger partial charge on any atom is -0.273 e. The van der Waals surface area contributed by atoms with E-state index in [4.69, 9.17) is 5.26 Å². The second kappa shape index (κ2) is 3.50. The van der Waals surface area contributed by atoms with Gasteiger partial charge in [-0.2, -0.15) is 5.26 Å². The second-order valence-electron chi connectivity index (χ2n) is 3.09. The Labute approximate surface area is 85.9 Å². The second-order valence-corrected chi connectivity index (χ2v) is 3.09. The fraction of sp³-hybridized carbons (Fsp3) is 0.200. The van der Waals surface area contributed by atoms with Crippen LogP contribution in [0.1, 0.15) is 27.1 Å². The maximum atomic E-state index is 11.7. The van der Waals surface area contributed by atoms with Gasteiger partial charge >= 0.3 is 0 Å². The molecule has 0 bridgehead atoms. The molecule has 0 saturated heterocycles. The maximum absolute atomic E-state index is 11.7. The van der Waals surface area contributed by atoms with Crippen molar-refractivity contribution in [2.24, 2.45) is 0 Å². The van der Waals surface area contributed by atoms with Crippen molar-refractivity contribution in [1.29, 1.82) is 5.26 Å². The highest BCUT2D eigenvalue weighted by Crippen LogP contribution is 2.21. The molecule has 1 aliphatic rings. The molecule has 2 heterocycles. The van der Waals surface area contributed by atoms with Gasteiger partial charge in [0.25, 0.3) is 11.8 Å². The molecule has 5 nitrogen and oxygen atoms in total. The molecule has 0 radical (unpaired) electrons. The molecule has 0 aliphatic carbocycles. The van der Waals surface area contributed by atoms with Crippen molar-refractivity contribution in [3.8, 4) is 6.07 Å². The Morgan fingerprint density at radius 1 is 1.33 bits per heavy atom. The van der Waals surface area contributed by atoms with Crippen LogP contribution in [0.25, 0.3) is 0 Å². The Bertz CT molecular complexity index is 441. The Balaban J connectivity index is 2.34. The average Bonchev–Trinajstić information content (AvgIpc) is 2.51. The zero-order chi connectivity index (χ0) is 10.8. The van der Waals surface area contributed by atoms with Crippen LogP contribution in [0.2, 0.25) is 0 Å². The molecule has 74 valence electrons. The van der Waals surface area contributed by atoms with Crippen LogP contribution in [-0.2, 0) is 0 Å². The first-order chi connectivity index (χ1) is 7.25. The normalized spacial score (nSPS) is 13.9. The van der Waals surface area contributed by atoms with Crippen molar-refractivity contribution in [3.05, 3.63) is 29.6 Å². The number of carbonyl (C=O) groups excluding carboxylic acids is 2. The first-order valence-electron chi connectivity index (χ1n) is 4.43. The number of hydrogen-bond acceptors (Lipinski definition) is 4. The lowest BCUT2D eigenvalue weighted by Crippen LogP contribution is -2.30. The van der Waals surface area contributed by atoms with Crippen LogP contribution in [-0.4, -0.2) is 28.2 Å². The minimum absolute atomic E-state index is 0.142. The van der Waals surface area contributed by atoms with Gasteiger partial charge in [-0.15, -0.1) is 0 Å². The predicted octanol–water partition coefficient (Wildman–Crippen LogP) is 0.591. The zero-order valence-corrected chi connectivity index (χ0v) is 7.80. The van der Waals surface area contributed by atoms with Gasteiger partial charge in [0.1, 0.15) is 0 Å². The average molecular weight is 201 g/mol. The molecule has 5 heteroatoms. The number of imide groups is 1. The molecule has 0 spiro atoms. The summed E-state index contributed by atoms with van der Waals surface area (Å²) in [5.74, 6) is -0.703. The highest BCUT2D eigenvalue weighted by molar-refractivity contribution is 6.21. The molecule has 2 rings (SSSR count). The highest BCUT2D eigenvalue weighted by Gasteiger charge is 2.34. The number of carbonyl (C=O) groups is 2. The number of pyridine rings is 1. The molecule has 0 saturated carbocycles. The number of amides is 2. The SMILES string of the molecule is N#CCCN1C(=O)c2ccncc2C1=O. The molecule has 1 aromatic heterocycles. The summed E-state index contributed by atoms with van der Waals surface area (Å²) in [5, 5.41) is 8.40. The van der Waals surface area contributed by atoms with E-state index in [1.54, 1.807) is 0 Å². The standard InChI is InChI=1S/C10H7N3O2/c11-3-1-5-13-9(14)7-2-4-12-6-8(7)10(13)15/h2,4,6H,1,5H2. The van der Waals surface area contributed by atoms with Crippen LogP contribution >= 0.6 is 0 Å². The van der Waals surface area contributed by atoms with Gasteiger partial charge in [0.15, 0.2) is 0 Å². The number of nitriles is 1. The van der Waals surface area contributed by atoms with Gasteiger partial charge in [-0.3, -0.25) is 19.5 Å². The van der Waals surface area contributed by atoms with Gasteiger partial charge in [0.05, 0.1) is 23.6 Å². The largest absolute Gasteiger partial charge is 0.273 e. The summed E-state index contributed by atoms with van der Waals surface area (Å²) in [7, 11) is 0. The van der Waals surface area contributed by atoms with E-state index in [1.165, 1.54) is 18.5 Å². The quantitative estimate of drug-likeness (QED) is 0.656. The summed E-state index contributed by atoms with van der Waals surface area (Å²) in [6, 6.07) is 3.42. The molecule has 2 amide bonds. The van der Waals surface area contributed by atoms with E-state index in [9.17, 15) is 9.59 Å². The summed E-state index contributed by atoms with van der Waals surface area (Å²) in [6.45, 7) is 0.142. The minimum atomic E-state index is -0.363. The number of fused-ring (bicyclic) bond motifs is 1. The zero-order valence-electron chi connectivity index (χ0n) is 7.80. The summed E-state index contributed by atoms with van der Waals surface area (Å²) in [5.41, 5.74) is 0.688. The van der Waals surface area contributed by atoms with Gasteiger partial charge in [-0.1, -0.05) is 0 Å².